The fourth-order valence-corrected chi connectivity index (χ4v) is 2.17. The minimum atomic E-state index is -0.713. The molecule has 1 aliphatic heterocycles. The Kier molecular flexibility index (Phi) is 3.40. The Morgan fingerprint density at radius 1 is 1.71 bits per heavy atom. The number of halogens is 1. The molecule has 1 atom stereocenters. The van der Waals surface area contributed by atoms with E-state index >= 15 is 0 Å². The van der Waals surface area contributed by atoms with Crippen molar-refractivity contribution < 1.29 is 9.90 Å². The van der Waals surface area contributed by atoms with Gasteiger partial charge in [0.15, 0.2) is 0 Å². The summed E-state index contributed by atoms with van der Waals surface area (Å²) in [5.41, 5.74) is 0. The lowest BCUT2D eigenvalue weighted by Crippen LogP contribution is -2.50. The molecule has 1 N–H and O–H groups in total. The van der Waals surface area contributed by atoms with Crippen LogP contribution in [0.2, 0.25) is 5.15 Å². The summed E-state index contributed by atoms with van der Waals surface area (Å²) >= 11 is 5.90. The molecule has 2 heterocycles. The molecule has 5 nitrogen and oxygen atoms in total. The van der Waals surface area contributed by atoms with Gasteiger partial charge in [-0.2, -0.15) is 0 Å². The maximum absolute atomic E-state index is 10.8. The van der Waals surface area contributed by atoms with E-state index in [9.17, 15) is 4.79 Å². The number of carboxylic acids is 1. The van der Waals surface area contributed by atoms with Gasteiger partial charge >= 0.3 is 5.97 Å². The first-order valence-electron chi connectivity index (χ1n) is 5.60. The van der Waals surface area contributed by atoms with Crippen LogP contribution in [0.1, 0.15) is 12.7 Å². The van der Waals surface area contributed by atoms with Crippen LogP contribution in [0.4, 0.5) is 0 Å². The van der Waals surface area contributed by atoms with Crippen molar-refractivity contribution in [3.63, 3.8) is 0 Å². The highest BCUT2D eigenvalue weighted by Crippen LogP contribution is 2.25. The first-order valence-corrected chi connectivity index (χ1v) is 5.98. The molecule has 0 radical (unpaired) electrons. The van der Waals surface area contributed by atoms with Gasteiger partial charge in [-0.15, -0.1) is 0 Å². The topological polar surface area (TPSA) is 58.4 Å². The SMILES string of the molecule is CC(C(=O)O)C1CN(Cc2ncc(Cl)n2C)C1. The molecule has 0 amide bonds. The number of imidazole rings is 1. The maximum atomic E-state index is 10.8. The summed E-state index contributed by atoms with van der Waals surface area (Å²) in [6.07, 6.45) is 1.63. The van der Waals surface area contributed by atoms with Gasteiger partial charge in [0.05, 0.1) is 18.7 Å². The van der Waals surface area contributed by atoms with Gasteiger partial charge in [0, 0.05) is 20.1 Å². The minimum absolute atomic E-state index is 0.253. The third-order valence-corrected chi connectivity index (χ3v) is 3.83. The predicted molar refractivity (Wildman–Crippen MR) is 63.8 cm³/mol. The summed E-state index contributed by atoms with van der Waals surface area (Å²) in [6, 6.07) is 0. The van der Waals surface area contributed by atoms with Crippen molar-refractivity contribution in [1.29, 1.82) is 0 Å². The molecule has 1 unspecified atom stereocenters. The van der Waals surface area contributed by atoms with Crippen LogP contribution in [0.15, 0.2) is 6.20 Å². The smallest absolute Gasteiger partial charge is 0.306 e. The third-order valence-electron chi connectivity index (χ3n) is 3.47. The lowest BCUT2D eigenvalue weighted by Gasteiger charge is -2.40. The van der Waals surface area contributed by atoms with Gasteiger partial charge in [-0.1, -0.05) is 18.5 Å². The molecular weight excluding hydrogens is 242 g/mol. The van der Waals surface area contributed by atoms with E-state index in [1.807, 2.05) is 11.6 Å². The standard InChI is InChI=1S/C11H16ClN3O2/c1-7(11(16)17)8-4-15(5-8)6-10-13-3-9(12)14(10)2/h3,7-8H,4-6H2,1-2H3,(H,16,17). The zero-order valence-corrected chi connectivity index (χ0v) is 10.7. The predicted octanol–water partition coefficient (Wildman–Crippen LogP) is 1.23. The fourth-order valence-electron chi connectivity index (χ4n) is 2.03. The molecular formula is C11H16ClN3O2. The Balaban J connectivity index is 1.85. The van der Waals surface area contributed by atoms with E-state index < -0.39 is 5.97 Å². The summed E-state index contributed by atoms with van der Waals surface area (Å²) < 4.78 is 1.84. The van der Waals surface area contributed by atoms with Gasteiger partial charge in [0.1, 0.15) is 11.0 Å². The van der Waals surface area contributed by atoms with Crippen molar-refractivity contribution in [2.45, 2.75) is 13.5 Å². The van der Waals surface area contributed by atoms with E-state index in [0.717, 1.165) is 25.5 Å². The normalized spacial score (nSPS) is 19.0. The largest absolute Gasteiger partial charge is 0.481 e. The van der Waals surface area contributed by atoms with E-state index in [1.165, 1.54) is 0 Å². The van der Waals surface area contributed by atoms with Crippen LogP contribution in [0.3, 0.4) is 0 Å². The molecule has 0 bridgehead atoms. The van der Waals surface area contributed by atoms with Gasteiger partial charge in [-0.25, -0.2) is 4.98 Å². The Bertz CT molecular complexity index is 426. The molecule has 2 rings (SSSR count). The number of likely N-dealkylation sites (tertiary alicyclic amines) is 1. The second-order valence-electron chi connectivity index (χ2n) is 4.64. The van der Waals surface area contributed by atoms with Crippen molar-refractivity contribution in [1.82, 2.24) is 14.5 Å². The summed E-state index contributed by atoms with van der Waals surface area (Å²) in [5, 5.41) is 9.51. The van der Waals surface area contributed by atoms with Crippen LogP contribution >= 0.6 is 11.6 Å². The number of aromatic nitrogens is 2. The minimum Gasteiger partial charge on any atom is -0.481 e. The quantitative estimate of drug-likeness (QED) is 0.881. The number of carbonyl (C=O) groups is 1. The molecule has 6 heteroatoms. The Morgan fingerprint density at radius 3 is 2.82 bits per heavy atom. The lowest BCUT2D eigenvalue weighted by molar-refractivity contribution is -0.145. The van der Waals surface area contributed by atoms with Crippen molar-refractivity contribution in [3.8, 4) is 0 Å². The van der Waals surface area contributed by atoms with Gasteiger partial charge in [-0.3, -0.25) is 9.69 Å². The zero-order valence-electron chi connectivity index (χ0n) is 9.93. The Morgan fingerprint density at radius 2 is 2.35 bits per heavy atom. The highest BCUT2D eigenvalue weighted by atomic mass is 35.5. The number of hydrogen-bond acceptors (Lipinski definition) is 3. The molecule has 1 aromatic rings. The number of carboxylic acid groups (broad SMARTS) is 1. The summed E-state index contributed by atoms with van der Waals surface area (Å²) in [4.78, 5) is 17.2. The lowest BCUT2D eigenvalue weighted by atomic mass is 9.87. The molecule has 1 aliphatic rings. The maximum Gasteiger partial charge on any atom is 0.306 e. The molecule has 0 aliphatic carbocycles. The molecule has 0 aromatic carbocycles. The van der Waals surface area contributed by atoms with E-state index in [4.69, 9.17) is 16.7 Å². The molecule has 0 spiro atoms. The van der Waals surface area contributed by atoms with E-state index in [-0.39, 0.29) is 11.8 Å². The second-order valence-corrected chi connectivity index (χ2v) is 5.02. The van der Waals surface area contributed by atoms with Gasteiger partial charge < -0.3 is 9.67 Å². The van der Waals surface area contributed by atoms with Crippen molar-refractivity contribution in [2.75, 3.05) is 13.1 Å². The van der Waals surface area contributed by atoms with Crippen molar-refractivity contribution >= 4 is 17.6 Å². The second kappa shape index (κ2) is 4.66. The molecule has 1 aromatic heterocycles. The highest BCUT2D eigenvalue weighted by Gasteiger charge is 2.34. The third kappa shape index (κ3) is 2.45. The van der Waals surface area contributed by atoms with Gasteiger partial charge in [0.2, 0.25) is 0 Å². The molecule has 17 heavy (non-hydrogen) atoms. The Labute approximate surface area is 105 Å². The Hall–Kier alpha value is -1.07. The van der Waals surface area contributed by atoms with Crippen LogP contribution in [0.5, 0.6) is 0 Å². The summed E-state index contributed by atoms with van der Waals surface area (Å²) in [6.45, 7) is 4.13. The first-order chi connectivity index (χ1) is 7.99. The van der Waals surface area contributed by atoms with E-state index in [0.29, 0.717) is 5.15 Å². The van der Waals surface area contributed by atoms with E-state index in [1.54, 1.807) is 13.1 Å². The molecule has 1 saturated heterocycles. The van der Waals surface area contributed by atoms with Crippen LogP contribution in [-0.4, -0.2) is 38.6 Å². The summed E-state index contributed by atoms with van der Waals surface area (Å²) in [5.74, 6) is 0.186. The average molecular weight is 258 g/mol. The number of nitrogens with zero attached hydrogens (tertiary/aromatic N) is 3. The van der Waals surface area contributed by atoms with Crippen LogP contribution < -0.4 is 0 Å². The van der Waals surface area contributed by atoms with Gasteiger partial charge in [-0.05, 0) is 5.92 Å². The monoisotopic (exact) mass is 257 g/mol. The number of rotatable bonds is 4. The van der Waals surface area contributed by atoms with Gasteiger partial charge in [0.25, 0.3) is 0 Å². The van der Waals surface area contributed by atoms with Crippen LogP contribution in [-0.2, 0) is 18.4 Å². The molecule has 94 valence electrons. The highest BCUT2D eigenvalue weighted by molar-refractivity contribution is 6.29. The molecule has 1 fully saturated rings. The first kappa shape index (κ1) is 12.4. The van der Waals surface area contributed by atoms with Crippen LogP contribution in [0.25, 0.3) is 0 Å². The fraction of sp³-hybridized carbons (Fsp3) is 0.636. The van der Waals surface area contributed by atoms with Crippen molar-refractivity contribution in [2.24, 2.45) is 18.9 Å². The van der Waals surface area contributed by atoms with Crippen LogP contribution in [0, 0.1) is 11.8 Å². The zero-order chi connectivity index (χ0) is 12.6. The number of aliphatic carboxylic acids is 1. The average Bonchev–Trinajstić information content (AvgIpc) is 2.53. The van der Waals surface area contributed by atoms with E-state index in [2.05, 4.69) is 9.88 Å². The number of hydrogen-bond donors (Lipinski definition) is 1. The summed E-state index contributed by atoms with van der Waals surface area (Å²) in [7, 11) is 1.88. The van der Waals surface area contributed by atoms with Crippen molar-refractivity contribution in [3.05, 3.63) is 17.2 Å². The molecule has 0 saturated carbocycles.